The van der Waals surface area contributed by atoms with Crippen molar-refractivity contribution in [3.05, 3.63) is 76.9 Å². The van der Waals surface area contributed by atoms with Crippen LogP contribution in [0.5, 0.6) is 5.75 Å². The fourth-order valence-electron chi connectivity index (χ4n) is 4.17. The predicted octanol–water partition coefficient (Wildman–Crippen LogP) is 4.81. The van der Waals surface area contributed by atoms with E-state index in [1.54, 1.807) is 18.4 Å². The summed E-state index contributed by atoms with van der Waals surface area (Å²) in [7, 11) is 1.66. The van der Waals surface area contributed by atoms with Gasteiger partial charge in [0, 0.05) is 22.8 Å². The van der Waals surface area contributed by atoms with E-state index < -0.39 is 0 Å². The van der Waals surface area contributed by atoms with Gasteiger partial charge < -0.3 is 10.1 Å². The van der Waals surface area contributed by atoms with E-state index in [1.807, 2.05) is 40.2 Å². The molecule has 2 heterocycles. The zero-order valence-electron chi connectivity index (χ0n) is 16.8. The van der Waals surface area contributed by atoms with E-state index in [2.05, 4.69) is 29.6 Å². The van der Waals surface area contributed by atoms with E-state index in [4.69, 9.17) is 9.72 Å². The number of imidazole rings is 1. The molecule has 2 aromatic heterocycles. The van der Waals surface area contributed by atoms with Crippen LogP contribution in [0.3, 0.4) is 0 Å². The first-order valence-corrected chi connectivity index (χ1v) is 11.1. The van der Waals surface area contributed by atoms with E-state index in [-0.39, 0.29) is 11.9 Å². The maximum Gasteiger partial charge on any atom is 0.226 e. The number of fused-ring (bicyclic) bond motifs is 2. The molecule has 6 heteroatoms. The highest BCUT2D eigenvalue weighted by Gasteiger charge is 2.22. The lowest BCUT2D eigenvalue weighted by atomic mass is 9.87. The highest BCUT2D eigenvalue weighted by Crippen LogP contribution is 2.30. The monoisotopic (exact) mass is 417 g/mol. The number of aromatic nitrogens is 2. The molecule has 0 bridgehead atoms. The normalized spacial score (nSPS) is 15.7. The smallest absolute Gasteiger partial charge is 0.226 e. The third kappa shape index (κ3) is 3.59. The zero-order valence-corrected chi connectivity index (χ0v) is 17.6. The molecule has 1 amide bonds. The van der Waals surface area contributed by atoms with Gasteiger partial charge in [-0.15, -0.1) is 11.3 Å². The third-order valence-electron chi connectivity index (χ3n) is 5.72. The second kappa shape index (κ2) is 7.95. The Labute approximate surface area is 179 Å². The van der Waals surface area contributed by atoms with Crippen LogP contribution in [-0.2, 0) is 17.6 Å². The number of hydrogen-bond acceptors (Lipinski definition) is 4. The minimum Gasteiger partial charge on any atom is -0.497 e. The predicted molar refractivity (Wildman–Crippen MR) is 119 cm³/mol. The van der Waals surface area contributed by atoms with Crippen molar-refractivity contribution in [3.63, 3.8) is 0 Å². The molecule has 4 aromatic rings. The minimum atomic E-state index is 0.0519. The Morgan fingerprint density at radius 2 is 2.07 bits per heavy atom. The summed E-state index contributed by atoms with van der Waals surface area (Å²) in [6, 6.07) is 16.4. The van der Waals surface area contributed by atoms with Crippen LogP contribution in [0.2, 0.25) is 0 Å². The van der Waals surface area contributed by atoms with Crippen LogP contribution in [0.4, 0.5) is 0 Å². The van der Waals surface area contributed by atoms with Gasteiger partial charge in [0.05, 0.1) is 25.3 Å². The number of nitrogens with one attached hydrogen (secondary N) is 1. The Kier molecular flexibility index (Phi) is 5.01. The lowest BCUT2D eigenvalue weighted by Gasteiger charge is -2.26. The number of thiazole rings is 1. The van der Waals surface area contributed by atoms with Gasteiger partial charge >= 0.3 is 0 Å². The molecular formula is C24H23N3O2S. The average molecular weight is 418 g/mol. The molecule has 152 valence electrons. The van der Waals surface area contributed by atoms with E-state index in [9.17, 15) is 4.79 Å². The highest BCUT2D eigenvalue weighted by atomic mass is 32.1. The van der Waals surface area contributed by atoms with Crippen molar-refractivity contribution < 1.29 is 9.53 Å². The molecule has 1 aliphatic rings. The molecule has 0 saturated heterocycles. The van der Waals surface area contributed by atoms with Crippen molar-refractivity contribution >= 4 is 22.2 Å². The SMILES string of the molecule is COc1ccc(-c2cn3c(CC(=O)N[C@H]4CCCc5ccccc54)csc3n2)cc1. The van der Waals surface area contributed by atoms with Crippen molar-refractivity contribution in [1.29, 1.82) is 0 Å². The van der Waals surface area contributed by atoms with Crippen molar-refractivity contribution in [3.8, 4) is 17.0 Å². The Balaban J connectivity index is 1.33. The molecule has 0 unspecified atom stereocenters. The summed E-state index contributed by atoms with van der Waals surface area (Å²) in [5, 5.41) is 5.27. The first kappa shape index (κ1) is 18.9. The number of benzene rings is 2. The molecule has 2 aromatic carbocycles. The molecule has 30 heavy (non-hydrogen) atoms. The van der Waals surface area contributed by atoms with Gasteiger partial charge in [0.25, 0.3) is 0 Å². The van der Waals surface area contributed by atoms with Crippen molar-refractivity contribution in [2.75, 3.05) is 7.11 Å². The second-order valence-corrected chi connectivity index (χ2v) is 8.46. The topological polar surface area (TPSA) is 55.6 Å². The van der Waals surface area contributed by atoms with E-state index in [0.29, 0.717) is 6.42 Å². The van der Waals surface area contributed by atoms with Gasteiger partial charge in [-0.3, -0.25) is 9.20 Å². The minimum absolute atomic E-state index is 0.0519. The number of amides is 1. The fourth-order valence-corrected chi connectivity index (χ4v) is 5.04. The number of nitrogens with zero attached hydrogens (tertiary/aromatic N) is 2. The van der Waals surface area contributed by atoms with Crippen molar-refractivity contribution in [1.82, 2.24) is 14.7 Å². The van der Waals surface area contributed by atoms with Gasteiger partial charge in [0.2, 0.25) is 5.91 Å². The number of carbonyl (C=O) groups excluding carboxylic acids is 1. The van der Waals surface area contributed by atoms with Crippen LogP contribution in [-0.4, -0.2) is 22.4 Å². The van der Waals surface area contributed by atoms with Gasteiger partial charge in [-0.2, -0.15) is 0 Å². The summed E-state index contributed by atoms with van der Waals surface area (Å²) in [5.41, 5.74) is 5.50. The van der Waals surface area contributed by atoms with Gasteiger partial charge in [-0.1, -0.05) is 24.3 Å². The largest absolute Gasteiger partial charge is 0.497 e. The lowest BCUT2D eigenvalue weighted by Crippen LogP contribution is -2.32. The number of rotatable bonds is 5. The van der Waals surface area contributed by atoms with E-state index >= 15 is 0 Å². The highest BCUT2D eigenvalue weighted by molar-refractivity contribution is 7.15. The summed E-state index contributed by atoms with van der Waals surface area (Å²) >= 11 is 1.56. The van der Waals surface area contributed by atoms with Crippen LogP contribution in [0, 0.1) is 0 Å². The van der Waals surface area contributed by atoms with Crippen LogP contribution < -0.4 is 10.1 Å². The number of ether oxygens (including phenoxy) is 1. The third-order valence-corrected chi connectivity index (χ3v) is 6.60. The number of aryl methyl sites for hydroxylation is 1. The first-order valence-electron chi connectivity index (χ1n) is 10.2. The Bertz CT molecular complexity index is 1190. The Hall–Kier alpha value is -3.12. The molecule has 0 aliphatic heterocycles. The van der Waals surface area contributed by atoms with Crippen molar-refractivity contribution in [2.45, 2.75) is 31.7 Å². The summed E-state index contributed by atoms with van der Waals surface area (Å²) in [4.78, 5) is 18.4. The summed E-state index contributed by atoms with van der Waals surface area (Å²) in [6.45, 7) is 0. The number of methoxy groups -OCH3 is 1. The number of hydrogen-bond donors (Lipinski definition) is 1. The maximum absolute atomic E-state index is 12.8. The maximum atomic E-state index is 12.8. The molecule has 1 N–H and O–H groups in total. The zero-order chi connectivity index (χ0) is 20.5. The molecule has 0 fully saturated rings. The van der Waals surface area contributed by atoms with Crippen LogP contribution in [0.15, 0.2) is 60.1 Å². The molecule has 0 radical (unpaired) electrons. The molecule has 0 saturated carbocycles. The summed E-state index contributed by atoms with van der Waals surface area (Å²) in [5.74, 6) is 0.873. The second-order valence-electron chi connectivity index (χ2n) is 7.62. The molecular weight excluding hydrogens is 394 g/mol. The fraction of sp³-hybridized carbons (Fsp3) is 0.250. The number of carbonyl (C=O) groups is 1. The van der Waals surface area contributed by atoms with E-state index in [1.165, 1.54) is 11.1 Å². The Morgan fingerprint density at radius 3 is 2.90 bits per heavy atom. The molecule has 1 atom stereocenters. The van der Waals surface area contributed by atoms with Gasteiger partial charge in [0.1, 0.15) is 5.75 Å². The molecule has 0 spiro atoms. The average Bonchev–Trinajstić information content (AvgIpc) is 3.36. The molecule has 1 aliphatic carbocycles. The molecule has 5 rings (SSSR count). The van der Waals surface area contributed by atoms with Crippen LogP contribution in [0.1, 0.15) is 35.7 Å². The summed E-state index contributed by atoms with van der Waals surface area (Å²) < 4.78 is 7.25. The van der Waals surface area contributed by atoms with Crippen LogP contribution in [0.25, 0.3) is 16.2 Å². The molecule has 5 nitrogen and oxygen atoms in total. The van der Waals surface area contributed by atoms with Crippen molar-refractivity contribution in [2.24, 2.45) is 0 Å². The lowest BCUT2D eigenvalue weighted by molar-refractivity contribution is -0.121. The first-order chi connectivity index (χ1) is 14.7. The quantitative estimate of drug-likeness (QED) is 0.507. The van der Waals surface area contributed by atoms with Gasteiger partial charge in [-0.05, 0) is 54.7 Å². The van der Waals surface area contributed by atoms with Gasteiger partial charge in [0.15, 0.2) is 4.96 Å². The van der Waals surface area contributed by atoms with Crippen LogP contribution >= 0.6 is 11.3 Å². The van der Waals surface area contributed by atoms with E-state index in [0.717, 1.165) is 46.9 Å². The Morgan fingerprint density at radius 1 is 1.23 bits per heavy atom. The summed E-state index contributed by atoms with van der Waals surface area (Å²) in [6.07, 6.45) is 5.55. The standard InChI is InChI=1S/C24H23N3O2S/c1-29-19-11-9-17(10-12-19)22-14-27-18(15-30-24(27)26-22)13-23(28)25-21-8-4-6-16-5-2-3-7-20(16)21/h2-3,5,7,9-12,14-15,21H,4,6,8,13H2,1H3,(H,25,28)/t21-/m0/s1. The van der Waals surface area contributed by atoms with Gasteiger partial charge in [-0.25, -0.2) is 4.98 Å².